The maximum Gasteiger partial charge on any atom is 0.127 e. The zero-order chi connectivity index (χ0) is 14.4. The van der Waals surface area contributed by atoms with E-state index in [0.717, 1.165) is 48.6 Å². The Hall–Kier alpha value is -0.740. The highest BCUT2D eigenvalue weighted by Gasteiger charge is 2.27. The van der Waals surface area contributed by atoms with E-state index in [-0.39, 0.29) is 18.0 Å². The van der Waals surface area contributed by atoms with Gasteiger partial charge in [0.05, 0.1) is 0 Å². The second-order valence-electron chi connectivity index (χ2n) is 5.15. The topological polar surface area (TPSA) is 21.3 Å². The summed E-state index contributed by atoms with van der Waals surface area (Å²) in [6, 6.07) is 5.19. The van der Waals surface area contributed by atoms with Crippen LogP contribution < -0.4 is 10.1 Å². The summed E-state index contributed by atoms with van der Waals surface area (Å²) in [7, 11) is 0. The van der Waals surface area contributed by atoms with Gasteiger partial charge in [-0.05, 0) is 37.0 Å². The molecule has 0 amide bonds. The van der Waals surface area contributed by atoms with Crippen LogP contribution in [0.25, 0.3) is 0 Å². The maximum absolute atomic E-state index is 13.4. The molecule has 0 aliphatic carbocycles. The lowest BCUT2D eigenvalue weighted by atomic mass is 9.95. The van der Waals surface area contributed by atoms with E-state index in [2.05, 4.69) is 19.2 Å². The van der Waals surface area contributed by atoms with Crippen molar-refractivity contribution in [2.75, 3.05) is 18.1 Å². The number of benzene rings is 1. The van der Waals surface area contributed by atoms with Gasteiger partial charge in [0.15, 0.2) is 0 Å². The maximum atomic E-state index is 13.4. The summed E-state index contributed by atoms with van der Waals surface area (Å²) in [5, 5.41) is 3.56. The number of hydrogen-bond donors (Lipinski definition) is 1. The van der Waals surface area contributed by atoms with Gasteiger partial charge in [0.1, 0.15) is 17.7 Å². The first-order valence-corrected chi connectivity index (χ1v) is 8.67. The van der Waals surface area contributed by atoms with Crippen molar-refractivity contribution in [3.05, 3.63) is 29.6 Å². The van der Waals surface area contributed by atoms with Gasteiger partial charge in [-0.25, -0.2) is 4.39 Å². The minimum Gasteiger partial charge on any atom is -0.490 e. The van der Waals surface area contributed by atoms with Gasteiger partial charge in [-0.2, -0.15) is 11.8 Å². The molecule has 1 aromatic rings. The van der Waals surface area contributed by atoms with Crippen molar-refractivity contribution < 1.29 is 9.13 Å². The van der Waals surface area contributed by atoms with E-state index in [1.807, 2.05) is 17.8 Å². The van der Waals surface area contributed by atoms with Crippen LogP contribution in [0, 0.1) is 5.82 Å². The molecule has 0 aromatic heterocycles. The zero-order valence-corrected chi connectivity index (χ0v) is 13.1. The number of thioether (sulfide) groups is 1. The average Bonchev–Trinajstić information content (AvgIpc) is 2.44. The monoisotopic (exact) mass is 297 g/mol. The van der Waals surface area contributed by atoms with Crippen molar-refractivity contribution in [2.24, 2.45) is 0 Å². The van der Waals surface area contributed by atoms with Crippen LogP contribution in [0.2, 0.25) is 0 Å². The van der Waals surface area contributed by atoms with E-state index in [0.29, 0.717) is 0 Å². The lowest BCUT2D eigenvalue weighted by molar-refractivity contribution is 0.146. The second-order valence-corrected chi connectivity index (χ2v) is 6.54. The molecule has 4 heteroatoms. The highest BCUT2D eigenvalue weighted by molar-refractivity contribution is 7.99. The van der Waals surface area contributed by atoms with Crippen LogP contribution in [-0.4, -0.2) is 24.2 Å². The van der Waals surface area contributed by atoms with E-state index in [4.69, 9.17) is 4.74 Å². The number of fused-ring (bicyclic) bond motifs is 1. The Labute approximate surface area is 125 Å². The normalized spacial score (nSPS) is 21.4. The summed E-state index contributed by atoms with van der Waals surface area (Å²) in [6.07, 6.45) is 3.30. The van der Waals surface area contributed by atoms with E-state index in [1.54, 1.807) is 0 Å². The minimum atomic E-state index is -0.221. The molecule has 0 spiro atoms. The molecule has 2 nitrogen and oxygen atoms in total. The van der Waals surface area contributed by atoms with Gasteiger partial charge in [0.2, 0.25) is 0 Å². The number of hydrogen-bond acceptors (Lipinski definition) is 3. The fraction of sp³-hybridized carbons (Fsp3) is 0.625. The lowest BCUT2D eigenvalue weighted by Crippen LogP contribution is -2.33. The zero-order valence-electron chi connectivity index (χ0n) is 12.3. The number of rotatable bonds is 7. The molecule has 1 aliphatic rings. The largest absolute Gasteiger partial charge is 0.490 e. The number of ether oxygens (including phenoxy) is 1. The van der Waals surface area contributed by atoms with Gasteiger partial charge in [-0.3, -0.25) is 0 Å². The third kappa shape index (κ3) is 4.13. The first kappa shape index (κ1) is 15.6. The van der Waals surface area contributed by atoms with Gasteiger partial charge in [0.25, 0.3) is 0 Å². The van der Waals surface area contributed by atoms with Gasteiger partial charge in [-0.15, -0.1) is 0 Å². The van der Waals surface area contributed by atoms with Gasteiger partial charge < -0.3 is 10.1 Å². The molecule has 1 aliphatic heterocycles. The Bertz CT molecular complexity index is 427. The molecule has 0 fully saturated rings. The Kier molecular flexibility index (Phi) is 6.17. The van der Waals surface area contributed by atoms with Crippen LogP contribution in [0.3, 0.4) is 0 Å². The predicted octanol–water partition coefficient (Wildman–Crippen LogP) is 4.16. The highest BCUT2D eigenvalue weighted by Crippen LogP contribution is 2.36. The Balaban J connectivity index is 2.07. The molecule has 2 atom stereocenters. The third-order valence-electron chi connectivity index (χ3n) is 3.57. The fourth-order valence-corrected chi connectivity index (χ4v) is 3.28. The van der Waals surface area contributed by atoms with Crippen molar-refractivity contribution >= 4 is 11.8 Å². The van der Waals surface area contributed by atoms with Crippen molar-refractivity contribution in [3.63, 3.8) is 0 Å². The van der Waals surface area contributed by atoms with Crippen LogP contribution in [-0.2, 0) is 0 Å². The molecule has 2 rings (SSSR count). The molecule has 0 saturated carbocycles. The summed E-state index contributed by atoms with van der Waals surface area (Å²) in [5.41, 5.74) is 1.10. The van der Waals surface area contributed by atoms with E-state index < -0.39 is 0 Å². The van der Waals surface area contributed by atoms with E-state index >= 15 is 0 Å². The molecule has 2 unspecified atom stereocenters. The lowest BCUT2D eigenvalue weighted by Gasteiger charge is -2.33. The molecular formula is C16H24FNOS. The van der Waals surface area contributed by atoms with Crippen LogP contribution in [0.4, 0.5) is 4.39 Å². The van der Waals surface area contributed by atoms with Crippen molar-refractivity contribution in [1.29, 1.82) is 0 Å². The van der Waals surface area contributed by atoms with Crippen LogP contribution >= 0.6 is 11.8 Å². The Morgan fingerprint density at radius 1 is 1.40 bits per heavy atom. The van der Waals surface area contributed by atoms with Gasteiger partial charge >= 0.3 is 0 Å². The predicted molar refractivity (Wildman–Crippen MR) is 84.1 cm³/mol. The second kappa shape index (κ2) is 7.89. The molecule has 112 valence electrons. The van der Waals surface area contributed by atoms with Crippen LogP contribution in [0.15, 0.2) is 18.2 Å². The smallest absolute Gasteiger partial charge is 0.127 e. The molecule has 0 radical (unpaired) electrons. The standard InChI is InChI=1S/C16H24FNOS/c1-3-8-18-15-11-13(7-9-20-4-2)19-16-10-12(17)5-6-14(15)16/h5-6,10,13,15,18H,3-4,7-9,11H2,1-2H3. The third-order valence-corrected chi connectivity index (χ3v) is 4.50. The molecule has 20 heavy (non-hydrogen) atoms. The highest BCUT2D eigenvalue weighted by atomic mass is 32.2. The quantitative estimate of drug-likeness (QED) is 0.764. The van der Waals surface area contributed by atoms with Gasteiger partial charge in [0, 0.05) is 24.1 Å². The van der Waals surface area contributed by atoms with Crippen molar-refractivity contribution in [3.8, 4) is 5.75 Å². The van der Waals surface area contributed by atoms with E-state index in [9.17, 15) is 4.39 Å². The Morgan fingerprint density at radius 3 is 3.00 bits per heavy atom. The number of halogens is 1. The molecule has 1 heterocycles. The minimum absolute atomic E-state index is 0.192. The summed E-state index contributed by atoms with van der Waals surface area (Å²) < 4.78 is 19.4. The molecular weight excluding hydrogens is 273 g/mol. The molecule has 1 aromatic carbocycles. The average molecular weight is 297 g/mol. The number of nitrogens with one attached hydrogen (secondary N) is 1. The van der Waals surface area contributed by atoms with Crippen molar-refractivity contribution in [1.82, 2.24) is 5.32 Å². The van der Waals surface area contributed by atoms with Crippen LogP contribution in [0.1, 0.15) is 44.7 Å². The summed E-state index contributed by atoms with van der Waals surface area (Å²) >= 11 is 1.93. The Morgan fingerprint density at radius 2 is 2.25 bits per heavy atom. The van der Waals surface area contributed by atoms with Gasteiger partial charge in [-0.1, -0.05) is 19.9 Å². The molecule has 1 N–H and O–H groups in total. The molecule has 0 saturated heterocycles. The molecule has 0 bridgehead atoms. The van der Waals surface area contributed by atoms with Crippen LogP contribution in [0.5, 0.6) is 5.75 Å². The summed E-state index contributed by atoms with van der Waals surface area (Å²) in [5.74, 6) is 2.74. The van der Waals surface area contributed by atoms with E-state index in [1.165, 1.54) is 12.1 Å². The SMILES string of the molecule is CCCNC1CC(CCSCC)Oc2cc(F)ccc21. The van der Waals surface area contributed by atoms with Crippen molar-refractivity contribution in [2.45, 2.75) is 45.3 Å². The first-order valence-electron chi connectivity index (χ1n) is 7.51. The summed E-state index contributed by atoms with van der Waals surface area (Å²) in [4.78, 5) is 0. The first-order chi connectivity index (χ1) is 9.74. The summed E-state index contributed by atoms with van der Waals surface area (Å²) in [6.45, 7) is 5.31. The fourth-order valence-electron chi connectivity index (χ4n) is 2.56.